The van der Waals surface area contributed by atoms with Gasteiger partial charge in [-0.05, 0) is 57.1 Å². The topological polar surface area (TPSA) is 26.3 Å². The number of rotatable bonds is 10. The van der Waals surface area contributed by atoms with Crippen molar-refractivity contribution in [2.45, 2.75) is 80.6 Å². The Balaban J connectivity index is 4.46. The van der Waals surface area contributed by atoms with Crippen molar-refractivity contribution >= 4 is 5.97 Å². The maximum atomic E-state index is 11.5. The Hall–Kier alpha value is -1.05. The normalized spacial score (nSPS) is 16.0. The van der Waals surface area contributed by atoms with Crippen LogP contribution in [0.5, 0.6) is 0 Å². The van der Waals surface area contributed by atoms with Crippen LogP contribution in [0.3, 0.4) is 0 Å². The number of hydrogen-bond acceptors (Lipinski definition) is 2. The molecule has 0 saturated carbocycles. The molecule has 128 valence electrons. The summed E-state index contributed by atoms with van der Waals surface area (Å²) in [6.07, 6.45) is 7.95. The molecule has 0 aliphatic rings. The molecule has 2 heteroatoms. The average Bonchev–Trinajstić information content (AvgIpc) is 2.46. The van der Waals surface area contributed by atoms with E-state index in [2.05, 4.69) is 34.6 Å². The van der Waals surface area contributed by atoms with E-state index in [1.165, 1.54) is 36.8 Å². The van der Waals surface area contributed by atoms with E-state index < -0.39 is 0 Å². The van der Waals surface area contributed by atoms with Crippen LogP contribution in [-0.4, -0.2) is 12.6 Å². The Morgan fingerprint density at radius 3 is 2.18 bits per heavy atom. The van der Waals surface area contributed by atoms with E-state index in [0.717, 1.165) is 17.9 Å². The van der Waals surface area contributed by atoms with Crippen molar-refractivity contribution in [3.63, 3.8) is 0 Å². The zero-order valence-corrected chi connectivity index (χ0v) is 15.8. The molecule has 0 bridgehead atoms. The molecule has 0 aliphatic carbocycles. The number of hydrogen-bond donors (Lipinski definition) is 0. The molecule has 0 aromatic heterocycles. The van der Waals surface area contributed by atoms with Crippen LogP contribution in [0.4, 0.5) is 0 Å². The fourth-order valence-corrected chi connectivity index (χ4v) is 2.60. The van der Waals surface area contributed by atoms with Crippen molar-refractivity contribution < 1.29 is 9.53 Å². The first-order valence-corrected chi connectivity index (χ1v) is 8.83. The van der Waals surface area contributed by atoms with Crippen LogP contribution in [0, 0.1) is 11.8 Å². The van der Waals surface area contributed by atoms with Crippen LogP contribution in [-0.2, 0) is 9.53 Å². The van der Waals surface area contributed by atoms with Crippen LogP contribution < -0.4 is 0 Å². The first kappa shape index (κ1) is 20.9. The van der Waals surface area contributed by atoms with E-state index >= 15 is 0 Å². The van der Waals surface area contributed by atoms with E-state index in [9.17, 15) is 4.79 Å². The Bertz CT molecular complexity index is 391. The molecule has 0 heterocycles. The van der Waals surface area contributed by atoms with Crippen molar-refractivity contribution in [1.82, 2.24) is 0 Å². The molecular formula is C20H36O2. The number of esters is 1. The highest BCUT2D eigenvalue weighted by atomic mass is 16.5. The highest BCUT2D eigenvalue weighted by Crippen LogP contribution is 2.24. The molecule has 0 amide bonds. The number of carbonyl (C=O) groups is 1. The van der Waals surface area contributed by atoms with Gasteiger partial charge in [0.05, 0.1) is 6.61 Å². The lowest BCUT2D eigenvalue weighted by Crippen LogP contribution is -2.02. The van der Waals surface area contributed by atoms with Crippen molar-refractivity contribution in [3.8, 4) is 0 Å². The molecule has 0 N–H and O–H groups in total. The molecule has 0 fully saturated rings. The summed E-state index contributed by atoms with van der Waals surface area (Å²) in [7, 11) is 0. The number of ether oxygens (including phenoxy) is 1. The van der Waals surface area contributed by atoms with Gasteiger partial charge in [-0.25, -0.2) is 4.79 Å². The molecule has 2 unspecified atom stereocenters. The number of allylic oxidation sites excluding steroid dienone is 3. The summed E-state index contributed by atoms with van der Waals surface area (Å²) in [5, 5.41) is 0. The smallest absolute Gasteiger partial charge is 0.331 e. The molecule has 22 heavy (non-hydrogen) atoms. The van der Waals surface area contributed by atoms with Gasteiger partial charge in [0.1, 0.15) is 0 Å². The van der Waals surface area contributed by atoms with Crippen molar-refractivity contribution in [3.05, 3.63) is 22.8 Å². The molecule has 0 aromatic carbocycles. The van der Waals surface area contributed by atoms with Crippen LogP contribution in [0.1, 0.15) is 80.6 Å². The summed E-state index contributed by atoms with van der Waals surface area (Å²) in [6.45, 7) is 15.5. The predicted octanol–water partition coefficient (Wildman–Crippen LogP) is 6.07. The molecule has 0 aliphatic heterocycles. The third kappa shape index (κ3) is 9.07. The van der Waals surface area contributed by atoms with Gasteiger partial charge in [-0.15, -0.1) is 0 Å². The Morgan fingerprint density at radius 2 is 1.64 bits per heavy atom. The molecule has 0 radical (unpaired) electrons. The summed E-state index contributed by atoms with van der Waals surface area (Å²) in [6, 6.07) is 0. The predicted molar refractivity (Wildman–Crippen MR) is 95.9 cm³/mol. The van der Waals surface area contributed by atoms with E-state index in [1.54, 1.807) is 6.08 Å². The second-order valence-electron chi connectivity index (χ2n) is 6.74. The molecule has 0 spiro atoms. The van der Waals surface area contributed by atoms with Gasteiger partial charge >= 0.3 is 5.97 Å². The first-order valence-electron chi connectivity index (χ1n) is 8.83. The van der Waals surface area contributed by atoms with Gasteiger partial charge in [0.25, 0.3) is 0 Å². The molecular weight excluding hydrogens is 272 g/mol. The average molecular weight is 309 g/mol. The van der Waals surface area contributed by atoms with Gasteiger partial charge in [-0.3, -0.25) is 0 Å². The lowest BCUT2D eigenvalue weighted by molar-refractivity contribution is -0.137. The monoisotopic (exact) mass is 308 g/mol. The minimum absolute atomic E-state index is 0.242. The van der Waals surface area contributed by atoms with Crippen LogP contribution in [0.25, 0.3) is 0 Å². The van der Waals surface area contributed by atoms with Crippen LogP contribution in [0.2, 0.25) is 0 Å². The molecule has 0 saturated heterocycles. The van der Waals surface area contributed by atoms with E-state index in [-0.39, 0.29) is 5.97 Å². The van der Waals surface area contributed by atoms with Crippen LogP contribution >= 0.6 is 0 Å². The largest absolute Gasteiger partial charge is 0.463 e. The third-order valence-electron chi connectivity index (χ3n) is 4.60. The van der Waals surface area contributed by atoms with Gasteiger partial charge in [-0.1, -0.05) is 52.0 Å². The van der Waals surface area contributed by atoms with Gasteiger partial charge in [0.2, 0.25) is 0 Å². The summed E-state index contributed by atoms with van der Waals surface area (Å²) in [4.78, 5) is 11.5. The summed E-state index contributed by atoms with van der Waals surface area (Å²) < 4.78 is 4.97. The van der Waals surface area contributed by atoms with Gasteiger partial charge in [0, 0.05) is 6.08 Å². The lowest BCUT2D eigenvalue weighted by Gasteiger charge is -2.16. The quantitative estimate of drug-likeness (QED) is 0.278. The Kier molecular flexibility index (Phi) is 11.0. The lowest BCUT2D eigenvalue weighted by atomic mass is 9.90. The zero-order chi connectivity index (χ0) is 17.1. The summed E-state index contributed by atoms with van der Waals surface area (Å²) in [5.41, 5.74) is 3.62. The van der Waals surface area contributed by atoms with E-state index in [0.29, 0.717) is 12.5 Å². The zero-order valence-electron chi connectivity index (χ0n) is 15.8. The van der Waals surface area contributed by atoms with Gasteiger partial charge < -0.3 is 4.74 Å². The second kappa shape index (κ2) is 11.5. The molecule has 0 rings (SSSR count). The van der Waals surface area contributed by atoms with E-state index in [1.807, 2.05) is 13.8 Å². The van der Waals surface area contributed by atoms with Crippen LogP contribution in [0.15, 0.2) is 22.8 Å². The molecule has 0 aromatic rings. The summed E-state index contributed by atoms with van der Waals surface area (Å²) >= 11 is 0. The maximum Gasteiger partial charge on any atom is 0.331 e. The maximum absolute atomic E-state index is 11.5. The fraction of sp³-hybridized carbons (Fsp3) is 0.750. The van der Waals surface area contributed by atoms with Crippen molar-refractivity contribution in [1.29, 1.82) is 0 Å². The third-order valence-corrected chi connectivity index (χ3v) is 4.60. The highest BCUT2D eigenvalue weighted by molar-refractivity contribution is 5.83. The first-order chi connectivity index (χ1) is 10.3. The Labute approximate surface area is 138 Å². The summed E-state index contributed by atoms with van der Waals surface area (Å²) in [5.74, 6) is 1.31. The standard InChI is InChI=1S/C20H36O2/c1-8-15(3)11-10-12-16(4)13-17(5)19(7)18(6)14-20(21)22-9-2/h14-16H,8-13H2,1-7H3/b18-14+,19-17+. The van der Waals surface area contributed by atoms with Crippen molar-refractivity contribution in [2.24, 2.45) is 11.8 Å². The fourth-order valence-electron chi connectivity index (χ4n) is 2.60. The highest BCUT2D eigenvalue weighted by Gasteiger charge is 2.08. The van der Waals surface area contributed by atoms with Crippen molar-refractivity contribution in [2.75, 3.05) is 6.61 Å². The Morgan fingerprint density at radius 1 is 1.05 bits per heavy atom. The second-order valence-corrected chi connectivity index (χ2v) is 6.74. The minimum Gasteiger partial charge on any atom is -0.463 e. The SMILES string of the molecule is CCOC(=O)/C=C(C)/C(C)=C(\C)CC(C)CCCC(C)CC. The van der Waals surface area contributed by atoms with E-state index in [4.69, 9.17) is 4.74 Å². The van der Waals surface area contributed by atoms with Gasteiger partial charge in [0.15, 0.2) is 0 Å². The molecule has 2 atom stereocenters. The number of carbonyl (C=O) groups excluding carboxylic acids is 1. The minimum atomic E-state index is -0.242. The molecule has 2 nitrogen and oxygen atoms in total. The van der Waals surface area contributed by atoms with Gasteiger partial charge in [-0.2, -0.15) is 0 Å².